The maximum absolute atomic E-state index is 14.0. The van der Waals surface area contributed by atoms with E-state index >= 15 is 0 Å². The Morgan fingerprint density at radius 3 is 2.52 bits per heavy atom. The van der Waals surface area contributed by atoms with Crippen LogP contribution in [0.5, 0.6) is 11.5 Å². The van der Waals surface area contributed by atoms with Gasteiger partial charge < -0.3 is 14.9 Å². The van der Waals surface area contributed by atoms with Crippen LogP contribution < -0.4 is 9.64 Å². The first-order valence-electron chi connectivity index (χ1n) is 10.5. The second-order valence-corrected chi connectivity index (χ2v) is 7.62. The third kappa shape index (κ3) is 4.30. The summed E-state index contributed by atoms with van der Waals surface area (Å²) < 4.78 is 19.6. The Balaban J connectivity index is 1.90. The number of aliphatic hydroxyl groups is 1. The third-order valence-corrected chi connectivity index (χ3v) is 5.30. The molecule has 1 atom stereocenters. The van der Waals surface area contributed by atoms with Gasteiger partial charge in [-0.2, -0.15) is 0 Å². The Labute approximate surface area is 190 Å². The number of benzene rings is 3. The van der Waals surface area contributed by atoms with E-state index in [9.17, 15) is 24.2 Å². The molecule has 1 unspecified atom stereocenters. The summed E-state index contributed by atoms with van der Waals surface area (Å²) in [5, 5.41) is 21.2. The summed E-state index contributed by atoms with van der Waals surface area (Å²) >= 11 is 0. The SMILES string of the molecule is CCCOc1cccc(/C(O)=C2\C(=O)C(=O)N(c3cccc(F)c3)C2c2cccc(O)c2)c1. The standard InChI is InChI=1S/C26H22FNO5/c1-2-12-33-21-11-4-7-17(14-21)24(30)22-23(16-6-3-10-20(29)13-16)28(26(32)25(22)31)19-9-5-8-18(27)15-19/h3-11,13-15,23,29-30H,2,12H2,1H3/b24-22+. The molecule has 0 aliphatic carbocycles. The highest BCUT2D eigenvalue weighted by atomic mass is 19.1. The second-order valence-electron chi connectivity index (χ2n) is 7.62. The van der Waals surface area contributed by atoms with Gasteiger partial charge in [0.15, 0.2) is 0 Å². The van der Waals surface area contributed by atoms with Gasteiger partial charge in [0.25, 0.3) is 11.7 Å². The minimum absolute atomic E-state index is 0.0766. The van der Waals surface area contributed by atoms with Gasteiger partial charge in [-0.1, -0.05) is 37.3 Å². The van der Waals surface area contributed by atoms with Crippen molar-refractivity contribution in [3.8, 4) is 11.5 Å². The fourth-order valence-electron chi connectivity index (χ4n) is 3.84. The number of ether oxygens (including phenoxy) is 1. The summed E-state index contributed by atoms with van der Waals surface area (Å²) in [6.45, 7) is 2.45. The van der Waals surface area contributed by atoms with Crippen LogP contribution in [0.15, 0.2) is 78.4 Å². The molecule has 0 radical (unpaired) electrons. The van der Waals surface area contributed by atoms with Gasteiger partial charge in [0.1, 0.15) is 23.1 Å². The quantitative estimate of drug-likeness (QED) is 0.317. The van der Waals surface area contributed by atoms with Gasteiger partial charge in [-0.15, -0.1) is 0 Å². The maximum Gasteiger partial charge on any atom is 0.300 e. The number of carbonyl (C=O) groups is 2. The molecule has 1 heterocycles. The zero-order valence-electron chi connectivity index (χ0n) is 17.9. The molecule has 33 heavy (non-hydrogen) atoms. The molecule has 4 rings (SSSR count). The van der Waals surface area contributed by atoms with Crippen LogP contribution in [0.1, 0.15) is 30.5 Å². The number of aliphatic hydroxyl groups excluding tert-OH is 1. The summed E-state index contributed by atoms with van der Waals surface area (Å²) in [5.74, 6) is -2.35. The first-order chi connectivity index (χ1) is 15.9. The van der Waals surface area contributed by atoms with Crippen LogP contribution in [-0.2, 0) is 9.59 Å². The molecule has 0 bridgehead atoms. The van der Waals surface area contributed by atoms with E-state index in [0.717, 1.165) is 17.4 Å². The molecule has 1 amide bonds. The van der Waals surface area contributed by atoms with Crippen LogP contribution in [0, 0.1) is 5.82 Å². The average molecular weight is 447 g/mol. The molecular weight excluding hydrogens is 425 g/mol. The molecule has 1 fully saturated rings. The number of aromatic hydroxyl groups is 1. The number of hydrogen-bond acceptors (Lipinski definition) is 5. The van der Waals surface area contributed by atoms with Crippen molar-refractivity contribution < 1.29 is 28.9 Å². The molecular formula is C26H22FNO5. The monoisotopic (exact) mass is 447 g/mol. The number of amides is 1. The molecule has 3 aromatic carbocycles. The highest BCUT2D eigenvalue weighted by molar-refractivity contribution is 6.51. The molecule has 0 aromatic heterocycles. The summed E-state index contributed by atoms with van der Waals surface area (Å²) in [4.78, 5) is 27.3. The number of phenolic OH excluding ortho intramolecular Hbond substituents is 1. The minimum Gasteiger partial charge on any atom is -0.508 e. The third-order valence-electron chi connectivity index (χ3n) is 5.30. The molecule has 3 aromatic rings. The number of nitrogens with zero attached hydrogens (tertiary/aromatic N) is 1. The van der Waals surface area contributed by atoms with E-state index in [1.54, 1.807) is 36.4 Å². The normalized spacial score (nSPS) is 17.4. The van der Waals surface area contributed by atoms with Crippen molar-refractivity contribution in [1.82, 2.24) is 0 Å². The molecule has 1 saturated heterocycles. The number of phenols is 1. The molecule has 168 valence electrons. The van der Waals surface area contributed by atoms with Crippen LogP contribution >= 0.6 is 0 Å². The predicted molar refractivity (Wildman–Crippen MR) is 122 cm³/mol. The van der Waals surface area contributed by atoms with Crippen molar-refractivity contribution in [2.45, 2.75) is 19.4 Å². The Hall–Kier alpha value is -4.13. The van der Waals surface area contributed by atoms with Gasteiger partial charge in [0, 0.05) is 11.3 Å². The molecule has 2 N–H and O–H groups in total. The number of hydrogen-bond donors (Lipinski definition) is 2. The van der Waals surface area contributed by atoms with Gasteiger partial charge in [-0.3, -0.25) is 14.5 Å². The molecule has 0 spiro atoms. The van der Waals surface area contributed by atoms with Crippen molar-refractivity contribution in [3.05, 3.63) is 95.3 Å². The average Bonchev–Trinajstić information content (AvgIpc) is 3.08. The molecule has 1 aliphatic heterocycles. The fourth-order valence-corrected chi connectivity index (χ4v) is 3.84. The Morgan fingerprint density at radius 2 is 1.79 bits per heavy atom. The van der Waals surface area contributed by atoms with Crippen LogP contribution in [0.25, 0.3) is 5.76 Å². The second kappa shape index (κ2) is 9.16. The predicted octanol–water partition coefficient (Wildman–Crippen LogP) is 4.95. The zero-order chi connectivity index (χ0) is 23.5. The van der Waals surface area contributed by atoms with E-state index in [0.29, 0.717) is 23.5 Å². The summed E-state index contributed by atoms with van der Waals surface area (Å²) in [7, 11) is 0. The van der Waals surface area contributed by atoms with Gasteiger partial charge in [0.2, 0.25) is 0 Å². The lowest BCUT2D eigenvalue weighted by atomic mass is 9.95. The molecule has 6 nitrogen and oxygen atoms in total. The van der Waals surface area contributed by atoms with E-state index in [-0.39, 0.29) is 22.8 Å². The molecule has 0 saturated carbocycles. The number of anilines is 1. The van der Waals surface area contributed by atoms with E-state index in [1.807, 2.05) is 6.92 Å². The van der Waals surface area contributed by atoms with Gasteiger partial charge in [-0.05, 0) is 54.4 Å². The minimum atomic E-state index is -1.07. The smallest absolute Gasteiger partial charge is 0.300 e. The van der Waals surface area contributed by atoms with Crippen LogP contribution in [-0.4, -0.2) is 28.5 Å². The fraction of sp³-hybridized carbons (Fsp3) is 0.154. The van der Waals surface area contributed by atoms with Crippen molar-refractivity contribution in [2.75, 3.05) is 11.5 Å². The van der Waals surface area contributed by atoms with E-state index < -0.39 is 23.5 Å². The first-order valence-corrected chi connectivity index (χ1v) is 10.5. The summed E-state index contributed by atoms with van der Waals surface area (Å²) in [6.07, 6.45) is 0.798. The number of carbonyl (C=O) groups excluding carboxylic acids is 2. The topological polar surface area (TPSA) is 87.1 Å². The number of Topliss-reactive ketones (excluding diaryl/α,β-unsaturated/α-hetero) is 1. The first kappa shape index (κ1) is 22.1. The number of rotatable bonds is 6. The highest BCUT2D eigenvalue weighted by Crippen LogP contribution is 2.43. The Bertz CT molecular complexity index is 1250. The summed E-state index contributed by atoms with van der Waals surface area (Å²) in [5.41, 5.74) is 0.677. The van der Waals surface area contributed by atoms with Crippen molar-refractivity contribution >= 4 is 23.1 Å². The Kier molecular flexibility index (Phi) is 6.13. The largest absolute Gasteiger partial charge is 0.508 e. The lowest BCUT2D eigenvalue weighted by Crippen LogP contribution is -2.29. The van der Waals surface area contributed by atoms with Crippen LogP contribution in [0.2, 0.25) is 0 Å². The van der Waals surface area contributed by atoms with Gasteiger partial charge >= 0.3 is 0 Å². The van der Waals surface area contributed by atoms with Crippen molar-refractivity contribution in [2.24, 2.45) is 0 Å². The van der Waals surface area contributed by atoms with Crippen LogP contribution in [0.3, 0.4) is 0 Å². The van der Waals surface area contributed by atoms with Crippen LogP contribution in [0.4, 0.5) is 10.1 Å². The van der Waals surface area contributed by atoms with E-state index in [2.05, 4.69) is 0 Å². The molecule has 1 aliphatic rings. The highest BCUT2D eigenvalue weighted by Gasteiger charge is 2.47. The number of halogens is 1. The van der Waals surface area contributed by atoms with Crippen molar-refractivity contribution in [1.29, 1.82) is 0 Å². The maximum atomic E-state index is 14.0. The van der Waals surface area contributed by atoms with E-state index in [1.165, 1.54) is 30.3 Å². The Morgan fingerprint density at radius 1 is 1.03 bits per heavy atom. The van der Waals surface area contributed by atoms with Gasteiger partial charge in [-0.25, -0.2) is 4.39 Å². The number of ketones is 1. The van der Waals surface area contributed by atoms with E-state index in [4.69, 9.17) is 4.74 Å². The lowest BCUT2D eigenvalue weighted by Gasteiger charge is -2.25. The molecule has 7 heteroatoms. The lowest BCUT2D eigenvalue weighted by molar-refractivity contribution is -0.132. The zero-order valence-corrected chi connectivity index (χ0v) is 17.9. The van der Waals surface area contributed by atoms with Gasteiger partial charge in [0.05, 0.1) is 18.2 Å². The summed E-state index contributed by atoms with van der Waals surface area (Å²) in [6, 6.07) is 16.8. The van der Waals surface area contributed by atoms with Crippen molar-refractivity contribution in [3.63, 3.8) is 0 Å².